The summed E-state index contributed by atoms with van der Waals surface area (Å²) in [7, 11) is 0. The second-order valence-corrected chi connectivity index (χ2v) is 1.31. The third-order valence-corrected chi connectivity index (χ3v) is 0.676. The van der Waals surface area contributed by atoms with E-state index >= 15 is 0 Å². The van der Waals surface area contributed by atoms with Gasteiger partial charge in [-0.3, -0.25) is 0 Å². The molecule has 0 aliphatic rings. The van der Waals surface area contributed by atoms with E-state index in [4.69, 9.17) is 0 Å². The van der Waals surface area contributed by atoms with Gasteiger partial charge in [0.05, 0.1) is 0 Å². The van der Waals surface area contributed by atoms with Crippen molar-refractivity contribution in [1.82, 2.24) is 0 Å². The first-order chi connectivity index (χ1) is 2.91. The van der Waals surface area contributed by atoms with Gasteiger partial charge in [-0.2, -0.15) is 0 Å². The summed E-state index contributed by atoms with van der Waals surface area (Å²) in [6.45, 7) is 2.07. The molecule has 7 heavy (non-hydrogen) atoms. The van der Waals surface area contributed by atoms with Gasteiger partial charge in [-0.1, -0.05) is 13.3 Å². The van der Waals surface area contributed by atoms with Crippen LogP contribution in [0, 0.1) is 0 Å². The van der Waals surface area contributed by atoms with E-state index in [0.29, 0.717) is 0 Å². The minimum absolute atomic E-state index is 0. The van der Waals surface area contributed by atoms with Crippen LogP contribution < -0.4 is 0 Å². The Morgan fingerprint density at radius 3 is 2.29 bits per heavy atom. The van der Waals surface area contributed by atoms with E-state index in [0.717, 1.165) is 25.5 Å². The molecule has 2 heteroatoms. The molecule has 0 aromatic carbocycles. The molecule has 0 amide bonds. The fourth-order valence-electron chi connectivity index (χ4n) is 0.287. The van der Waals surface area contributed by atoms with Crippen LogP contribution in [0.5, 0.6) is 0 Å². The SMILES string of the molecule is CCCCC=O.[Fe]. The minimum Gasteiger partial charge on any atom is -0.303 e. The smallest absolute Gasteiger partial charge is 0.119 e. The average molecular weight is 142 g/mol. The predicted octanol–water partition coefficient (Wildman–Crippen LogP) is 1.37. The van der Waals surface area contributed by atoms with Crippen LogP contribution in [0.3, 0.4) is 0 Å². The fraction of sp³-hybridized carbons (Fsp3) is 0.800. The van der Waals surface area contributed by atoms with Crippen molar-refractivity contribution in [2.24, 2.45) is 0 Å². The van der Waals surface area contributed by atoms with Crippen LogP contribution in [0.2, 0.25) is 0 Å². The van der Waals surface area contributed by atoms with Gasteiger partial charge >= 0.3 is 0 Å². The van der Waals surface area contributed by atoms with Crippen molar-refractivity contribution in [3.8, 4) is 0 Å². The molecule has 0 fully saturated rings. The van der Waals surface area contributed by atoms with Gasteiger partial charge in [0.2, 0.25) is 0 Å². The van der Waals surface area contributed by atoms with E-state index in [1.807, 2.05) is 0 Å². The Balaban J connectivity index is 0. The Kier molecular flexibility index (Phi) is 13.9. The Hall–Kier alpha value is 0.189. The molecular formula is C5H10FeO. The van der Waals surface area contributed by atoms with Crippen LogP contribution in [0.4, 0.5) is 0 Å². The summed E-state index contributed by atoms with van der Waals surface area (Å²) in [6, 6.07) is 0. The summed E-state index contributed by atoms with van der Waals surface area (Å²) >= 11 is 0. The minimum atomic E-state index is 0. The van der Waals surface area contributed by atoms with E-state index in [1.165, 1.54) is 0 Å². The molecule has 0 aromatic heterocycles. The van der Waals surface area contributed by atoms with Crippen LogP contribution in [-0.2, 0) is 21.9 Å². The molecule has 0 saturated heterocycles. The van der Waals surface area contributed by atoms with Crippen LogP contribution >= 0.6 is 0 Å². The molecule has 0 spiro atoms. The maximum absolute atomic E-state index is 9.56. The van der Waals surface area contributed by atoms with E-state index in [2.05, 4.69) is 6.92 Å². The largest absolute Gasteiger partial charge is 0.303 e. The zero-order valence-electron chi connectivity index (χ0n) is 4.46. The van der Waals surface area contributed by atoms with Gasteiger partial charge in [-0.25, -0.2) is 0 Å². The number of carbonyl (C=O) groups is 1. The number of unbranched alkanes of at least 4 members (excludes halogenated alkanes) is 2. The molecule has 0 aromatic rings. The standard InChI is InChI=1S/C5H10O.Fe/c1-2-3-4-5-6;/h5H,2-4H2,1H3;. The maximum atomic E-state index is 9.56. The monoisotopic (exact) mass is 142 g/mol. The molecule has 0 N–H and O–H groups in total. The number of hydrogen-bond donors (Lipinski definition) is 0. The molecule has 0 unspecified atom stereocenters. The van der Waals surface area contributed by atoms with Gasteiger partial charge in [-0.15, -0.1) is 0 Å². The first-order valence-electron chi connectivity index (χ1n) is 2.35. The number of hydrogen-bond acceptors (Lipinski definition) is 1. The Morgan fingerprint density at radius 2 is 2.14 bits per heavy atom. The third kappa shape index (κ3) is 10.7. The van der Waals surface area contributed by atoms with Crippen LogP contribution in [0.15, 0.2) is 0 Å². The normalized spacial score (nSPS) is 7.00. The zero-order chi connectivity index (χ0) is 4.83. The summed E-state index contributed by atoms with van der Waals surface area (Å²) < 4.78 is 0. The molecule has 0 heterocycles. The predicted molar refractivity (Wildman–Crippen MR) is 25.6 cm³/mol. The molecule has 0 aliphatic heterocycles. The van der Waals surface area contributed by atoms with Crippen molar-refractivity contribution >= 4 is 6.29 Å². The van der Waals surface area contributed by atoms with Gasteiger partial charge < -0.3 is 4.79 Å². The number of aldehydes is 1. The Bertz CT molecular complexity index is 37.1. The van der Waals surface area contributed by atoms with Crippen molar-refractivity contribution < 1.29 is 21.9 Å². The molecule has 0 aliphatic carbocycles. The summed E-state index contributed by atoms with van der Waals surface area (Å²) in [4.78, 5) is 9.56. The van der Waals surface area contributed by atoms with Crippen molar-refractivity contribution in [3.63, 3.8) is 0 Å². The zero-order valence-corrected chi connectivity index (χ0v) is 5.56. The van der Waals surface area contributed by atoms with E-state index in [1.54, 1.807) is 0 Å². The first-order valence-corrected chi connectivity index (χ1v) is 2.35. The summed E-state index contributed by atoms with van der Waals surface area (Å²) in [6.07, 6.45) is 3.86. The molecule has 0 rings (SSSR count). The van der Waals surface area contributed by atoms with Crippen molar-refractivity contribution in [3.05, 3.63) is 0 Å². The second-order valence-electron chi connectivity index (χ2n) is 1.31. The fourth-order valence-corrected chi connectivity index (χ4v) is 0.287. The Labute approximate surface area is 55.0 Å². The van der Waals surface area contributed by atoms with Gasteiger partial charge in [0.15, 0.2) is 0 Å². The third-order valence-electron chi connectivity index (χ3n) is 0.676. The molecule has 0 atom stereocenters. The summed E-state index contributed by atoms with van der Waals surface area (Å²) in [5, 5.41) is 0. The van der Waals surface area contributed by atoms with Crippen molar-refractivity contribution in [1.29, 1.82) is 0 Å². The van der Waals surface area contributed by atoms with Crippen LogP contribution in [0.25, 0.3) is 0 Å². The van der Waals surface area contributed by atoms with Crippen LogP contribution in [-0.4, -0.2) is 6.29 Å². The van der Waals surface area contributed by atoms with E-state index in [9.17, 15) is 4.79 Å². The van der Waals surface area contributed by atoms with Gasteiger partial charge in [0, 0.05) is 23.5 Å². The van der Waals surface area contributed by atoms with E-state index < -0.39 is 0 Å². The van der Waals surface area contributed by atoms with E-state index in [-0.39, 0.29) is 17.1 Å². The first kappa shape index (κ1) is 10.2. The van der Waals surface area contributed by atoms with Crippen LogP contribution in [0.1, 0.15) is 26.2 Å². The molecule has 0 bridgehead atoms. The van der Waals surface area contributed by atoms with Gasteiger partial charge in [0.1, 0.15) is 6.29 Å². The quantitative estimate of drug-likeness (QED) is 0.330. The van der Waals surface area contributed by atoms with Gasteiger partial charge in [-0.05, 0) is 6.42 Å². The number of carbonyl (C=O) groups excluding carboxylic acids is 1. The van der Waals surface area contributed by atoms with Crippen molar-refractivity contribution in [2.75, 3.05) is 0 Å². The summed E-state index contributed by atoms with van der Waals surface area (Å²) in [5.74, 6) is 0. The average Bonchev–Trinajstić information content (AvgIpc) is 1.61. The second kappa shape index (κ2) is 9.50. The molecule has 0 radical (unpaired) electrons. The molecule has 0 saturated carbocycles. The number of rotatable bonds is 3. The summed E-state index contributed by atoms with van der Waals surface area (Å²) in [5.41, 5.74) is 0. The topological polar surface area (TPSA) is 17.1 Å². The Morgan fingerprint density at radius 1 is 1.57 bits per heavy atom. The molecule has 1 nitrogen and oxygen atoms in total. The van der Waals surface area contributed by atoms with Gasteiger partial charge in [0.25, 0.3) is 0 Å². The molecular weight excluding hydrogens is 132 g/mol. The molecule has 44 valence electrons. The van der Waals surface area contributed by atoms with Crippen molar-refractivity contribution in [2.45, 2.75) is 26.2 Å². The maximum Gasteiger partial charge on any atom is 0.119 e.